The van der Waals surface area contributed by atoms with Gasteiger partial charge >= 0.3 is 0 Å². The van der Waals surface area contributed by atoms with Crippen molar-refractivity contribution in [2.24, 2.45) is 5.92 Å². The van der Waals surface area contributed by atoms with E-state index in [2.05, 4.69) is 6.58 Å². The molecule has 2 aliphatic heterocycles. The average Bonchev–Trinajstić information content (AvgIpc) is 3.13. The van der Waals surface area contributed by atoms with Crippen LogP contribution in [0.1, 0.15) is 5.56 Å². The van der Waals surface area contributed by atoms with Crippen molar-refractivity contribution in [1.82, 2.24) is 4.90 Å². The van der Waals surface area contributed by atoms with E-state index in [9.17, 15) is 4.79 Å². The van der Waals surface area contributed by atoms with Gasteiger partial charge in [0.1, 0.15) is 0 Å². The number of ether oxygens (including phenoxy) is 2. The van der Waals surface area contributed by atoms with E-state index in [1.807, 2.05) is 21.7 Å². The Hall–Kier alpha value is -1.17. The predicted octanol–water partition coefficient (Wildman–Crippen LogP) is 1.72. The standard InChI is InChI=1S/C15H19NO3S/c1-2-4-19-14-7-16(13-9-18-8-12(13)14)15(17)6-11-3-5-20-10-11/h2-3,5,10,12-14H,1,4,6-9H2/t12-,13+,14-/m1/s1. The van der Waals surface area contributed by atoms with Gasteiger partial charge in [0, 0.05) is 12.5 Å². The molecule has 0 saturated carbocycles. The van der Waals surface area contributed by atoms with Crippen LogP contribution in [0.5, 0.6) is 0 Å². The number of hydrogen-bond acceptors (Lipinski definition) is 4. The Balaban J connectivity index is 1.66. The van der Waals surface area contributed by atoms with Crippen LogP contribution in [0.2, 0.25) is 0 Å². The van der Waals surface area contributed by atoms with E-state index in [0.717, 1.165) is 5.56 Å². The Morgan fingerprint density at radius 1 is 1.60 bits per heavy atom. The monoisotopic (exact) mass is 293 g/mol. The van der Waals surface area contributed by atoms with Crippen molar-refractivity contribution in [2.45, 2.75) is 18.6 Å². The first kappa shape index (κ1) is 13.8. The highest BCUT2D eigenvalue weighted by molar-refractivity contribution is 7.07. The summed E-state index contributed by atoms with van der Waals surface area (Å²) in [7, 11) is 0. The van der Waals surface area contributed by atoms with Crippen LogP contribution in [0.15, 0.2) is 29.5 Å². The topological polar surface area (TPSA) is 38.8 Å². The number of fused-ring (bicyclic) bond motifs is 1. The molecular formula is C15H19NO3S. The molecule has 20 heavy (non-hydrogen) atoms. The molecule has 3 rings (SSSR count). The zero-order valence-corrected chi connectivity index (χ0v) is 12.2. The van der Waals surface area contributed by atoms with Crippen molar-refractivity contribution < 1.29 is 14.3 Å². The molecule has 0 radical (unpaired) electrons. The van der Waals surface area contributed by atoms with Crippen LogP contribution in [-0.4, -0.2) is 49.3 Å². The van der Waals surface area contributed by atoms with Crippen molar-refractivity contribution in [2.75, 3.05) is 26.4 Å². The van der Waals surface area contributed by atoms with Gasteiger partial charge in [-0.25, -0.2) is 0 Å². The first-order chi connectivity index (χ1) is 9.79. The number of nitrogens with zero attached hydrogens (tertiary/aromatic N) is 1. The second kappa shape index (κ2) is 6.08. The molecule has 3 heterocycles. The highest BCUT2D eigenvalue weighted by Gasteiger charge is 2.47. The van der Waals surface area contributed by atoms with Gasteiger partial charge in [-0.3, -0.25) is 4.79 Å². The van der Waals surface area contributed by atoms with Gasteiger partial charge in [-0.1, -0.05) is 6.08 Å². The summed E-state index contributed by atoms with van der Waals surface area (Å²) in [5.41, 5.74) is 1.09. The zero-order chi connectivity index (χ0) is 13.9. The molecule has 5 heteroatoms. The molecule has 0 spiro atoms. The van der Waals surface area contributed by atoms with Gasteiger partial charge in [0.25, 0.3) is 0 Å². The number of carbonyl (C=O) groups excluding carboxylic acids is 1. The predicted molar refractivity (Wildman–Crippen MR) is 77.8 cm³/mol. The SMILES string of the molecule is C=CCO[C@@H]1CN(C(=O)Cc2ccsc2)[C@H]2COC[C@@H]12. The van der Waals surface area contributed by atoms with Gasteiger partial charge in [0.15, 0.2) is 0 Å². The Kier molecular flexibility index (Phi) is 4.19. The molecule has 1 aromatic rings. The summed E-state index contributed by atoms with van der Waals surface area (Å²) in [6.07, 6.45) is 2.30. The summed E-state index contributed by atoms with van der Waals surface area (Å²) in [6.45, 7) is 6.20. The minimum absolute atomic E-state index is 0.0759. The molecule has 2 fully saturated rings. The highest BCUT2D eigenvalue weighted by atomic mass is 32.1. The van der Waals surface area contributed by atoms with Gasteiger partial charge in [-0.05, 0) is 22.4 Å². The molecule has 108 valence electrons. The lowest BCUT2D eigenvalue weighted by Crippen LogP contribution is -2.39. The van der Waals surface area contributed by atoms with E-state index in [4.69, 9.17) is 9.47 Å². The van der Waals surface area contributed by atoms with E-state index < -0.39 is 0 Å². The third-order valence-corrected chi connectivity index (χ3v) is 4.76. The maximum Gasteiger partial charge on any atom is 0.227 e. The Bertz CT molecular complexity index is 473. The summed E-state index contributed by atoms with van der Waals surface area (Å²) < 4.78 is 11.3. The lowest BCUT2D eigenvalue weighted by molar-refractivity contribution is -0.132. The molecule has 0 aliphatic carbocycles. The zero-order valence-electron chi connectivity index (χ0n) is 11.4. The third-order valence-electron chi connectivity index (χ3n) is 4.03. The number of amides is 1. The maximum atomic E-state index is 12.5. The maximum absolute atomic E-state index is 12.5. The molecule has 2 aliphatic rings. The van der Waals surface area contributed by atoms with Gasteiger partial charge in [-0.15, -0.1) is 6.58 Å². The number of likely N-dealkylation sites (tertiary alicyclic amines) is 1. The van der Waals surface area contributed by atoms with Gasteiger partial charge < -0.3 is 14.4 Å². The molecule has 0 bridgehead atoms. The normalized spacial score (nSPS) is 28.6. The number of carbonyl (C=O) groups is 1. The largest absolute Gasteiger partial charge is 0.379 e. The fraction of sp³-hybridized carbons (Fsp3) is 0.533. The lowest BCUT2D eigenvalue weighted by atomic mass is 10.0. The first-order valence-electron chi connectivity index (χ1n) is 6.90. The molecule has 3 atom stereocenters. The van der Waals surface area contributed by atoms with E-state index in [0.29, 0.717) is 38.7 Å². The minimum Gasteiger partial charge on any atom is -0.379 e. The van der Waals surface area contributed by atoms with E-state index in [1.165, 1.54) is 0 Å². The average molecular weight is 293 g/mol. The van der Waals surface area contributed by atoms with Crippen LogP contribution in [0.4, 0.5) is 0 Å². The van der Waals surface area contributed by atoms with Crippen molar-refractivity contribution in [3.05, 3.63) is 35.0 Å². The van der Waals surface area contributed by atoms with Crippen LogP contribution in [0.3, 0.4) is 0 Å². The second-order valence-electron chi connectivity index (χ2n) is 5.28. The molecular weight excluding hydrogens is 274 g/mol. The van der Waals surface area contributed by atoms with E-state index in [1.54, 1.807) is 17.4 Å². The second-order valence-corrected chi connectivity index (χ2v) is 6.06. The molecule has 0 unspecified atom stereocenters. The Labute approximate surface area is 123 Å². The Morgan fingerprint density at radius 2 is 2.50 bits per heavy atom. The highest BCUT2D eigenvalue weighted by Crippen LogP contribution is 2.32. The van der Waals surface area contributed by atoms with Crippen LogP contribution in [0, 0.1) is 5.92 Å². The van der Waals surface area contributed by atoms with Crippen LogP contribution < -0.4 is 0 Å². The van der Waals surface area contributed by atoms with Crippen LogP contribution in [-0.2, 0) is 20.7 Å². The lowest BCUT2D eigenvalue weighted by Gasteiger charge is -2.22. The summed E-state index contributed by atoms with van der Waals surface area (Å²) >= 11 is 1.62. The van der Waals surface area contributed by atoms with E-state index >= 15 is 0 Å². The molecule has 1 amide bonds. The van der Waals surface area contributed by atoms with E-state index in [-0.39, 0.29) is 18.1 Å². The molecule has 2 saturated heterocycles. The van der Waals surface area contributed by atoms with Crippen molar-refractivity contribution in [3.63, 3.8) is 0 Å². The minimum atomic E-state index is 0.0759. The van der Waals surface area contributed by atoms with Gasteiger partial charge in [-0.2, -0.15) is 11.3 Å². The summed E-state index contributed by atoms with van der Waals surface area (Å²) in [5.74, 6) is 0.481. The van der Waals surface area contributed by atoms with Crippen LogP contribution in [0.25, 0.3) is 0 Å². The molecule has 0 N–H and O–H groups in total. The fourth-order valence-electron chi connectivity index (χ4n) is 3.02. The van der Waals surface area contributed by atoms with Crippen molar-refractivity contribution in [3.8, 4) is 0 Å². The number of hydrogen-bond donors (Lipinski definition) is 0. The number of thiophene rings is 1. The molecule has 1 aromatic heterocycles. The first-order valence-corrected chi connectivity index (χ1v) is 7.84. The van der Waals surface area contributed by atoms with Gasteiger partial charge in [0.2, 0.25) is 5.91 Å². The molecule has 4 nitrogen and oxygen atoms in total. The fourth-order valence-corrected chi connectivity index (χ4v) is 3.69. The number of rotatable bonds is 5. The molecule has 0 aromatic carbocycles. The van der Waals surface area contributed by atoms with Crippen molar-refractivity contribution in [1.29, 1.82) is 0 Å². The summed E-state index contributed by atoms with van der Waals surface area (Å²) in [6, 6.07) is 2.18. The Morgan fingerprint density at radius 3 is 3.25 bits per heavy atom. The quantitative estimate of drug-likeness (QED) is 0.776. The van der Waals surface area contributed by atoms with Crippen LogP contribution >= 0.6 is 11.3 Å². The van der Waals surface area contributed by atoms with Crippen molar-refractivity contribution >= 4 is 17.2 Å². The van der Waals surface area contributed by atoms with Gasteiger partial charge in [0.05, 0.1) is 38.4 Å². The smallest absolute Gasteiger partial charge is 0.227 e. The summed E-state index contributed by atoms with van der Waals surface area (Å²) in [5, 5.41) is 4.03. The summed E-state index contributed by atoms with van der Waals surface area (Å²) in [4.78, 5) is 14.4. The third kappa shape index (κ3) is 2.66.